The average Bonchev–Trinajstić information content (AvgIpc) is 2.64. The van der Waals surface area contributed by atoms with Crippen molar-refractivity contribution in [2.75, 3.05) is 5.32 Å². The molecule has 0 saturated carbocycles. The molecule has 2 aromatic carbocycles. The Bertz CT molecular complexity index is 934. The molecule has 2 rings (SSSR count). The topological polar surface area (TPSA) is 134 Å². The van der Waals surface area contributed by atoms with E-state index in [2.05, 4.69) is 54.4 Å². The number of aromatic hydroxyl groups is 1. The maximum Gasteiger partial charge on any atom is 0.312 e. The van der Waals surface area contributed by atoms with Gasteiger partial charge in [-0.25, -0.2) is 5.43 Å². The molecule has 0 aromatic heterocycles. The highest BCUT2D eigenvalue weighted by Crippen LogP contribution is 2.32. The van der Waals surface area contributed by atoms with Crippen molar-refractivity contribution < 1.29 is 19.6 Å². The van der Waals surface area contributed by atoms with Crippen molar-refractivity contribution in [3.8, 4) is 5.75 Å². The summed E-state index contributed by atoms with van der Waals surface area (Å²) in [5.41, 5.74) is 2.40. The molecule has 0 aliphatic rings. The number of nitro groups is 1. The highest BCUT2D eigenvalue weighted by Gasteiger charge is 2.17. The molecule has 3 N–H and O–H groups in total. The number of amides is 2. The van der Waals surface area contributed by atoms with E-state index < -0.39 is 22.3 Å². The van der Waals surface area contributed by atoms with E-state index in [9.17, 15) is 24.8 Å². The fraction of sp³-hybridized carbons (Fsp3) is 0.118. The summed E-state index contributed by atoms with van der Waals surface area (Å²) in [7, 11) is 0. The van der Waals surface area contributed by atoms with E-state index in [4.69, 9.17) is 0 Å². The first kappa shape index (κ1) is 21.8. The van der Waals surface area contributed by atoms with Crippen LogP contribution in [0.5, 0.6) is 5.75 Å². The molecular formula is C17H14BrIN4O5. The molecule has 9 nitrogen and oxygen atoms in total. The first-order chi connectivity index (χ1) is 13.3. The zero-order valence-corrected chi connectivity index (χ0v) is 17.9. The van der Waals surface area contributed by atoms with Crippen LogP contribution in [0.25, 0.3) is 0 Å². The molecule has 0 radical (unpaired) electrons. The lowest BCUT2D eigenvalue weighted by atomic mass is 10.2. The minimum atomic E-state index is -0.734. The Hall–Kier alpha value is -2.54. The summed E-state index contributed by atoms with van der Waals surface area (Å²) in [6, 6.07) is 9.77. The second kappa shape index (κ2) is 10.1. The Labute approximate surface area is 181 Å². The first-order valence-corrected chi connectivity index (χ1v) is 9.67. The molecule has 0 bridgehead atoms. The normalized spacial score (nSPS) is 10.6. The second-order valence-corrected chi connectivity index (χ2v) is 7.63. The third kappa shape index (κ3) is 6.56. The molecule has 11 heteroatoms. The Morgan fingerprint density at radius 3 is 2.50 bits per heavy atom. The van der Waals surface area contributed by atoms with E-state index in [-0.39, 0.29) is 24.3 Å². The van der Waals surface area contributed by atoms with Gasteiger partial charge in [0.1, 0.15) is 0 Å². The van der Waals surface area contributed by atoms with Gasteiger partial charge in [0.25, 0.3) is 0 Å². The number of hydrogen-bond acceptors (Lipinski definition) is 6. The van der Waals surface area contributed by atoms with Crippen LogP contribution in [-0.2, 0) is 9.59 Å². The maximum absolute atomic E-state index is 11.8. The molecule has 0 saturated heterocycles. The van der Waals surface area contributed by atoms with Crippen molar-refractivity contribution >= 4 is 67.9 Å². The Morgan fingerprint density at radius 2 is 1.86 bits per heavy atom. The Kier molecular flexibility index (Phi) is 7.87. The van der Waals surface area contributed by atoms with Crippen molar-refractivity contribution in [3.63, 3.8) is 0 Å². The second-order valence-electron chi connectivity index (χ2n) is 5.47. The van der Waals surface area contributed by atoms with E-state index in [1.54, 1.807) is 12.1 Å². The summed E-state index contributed by atoms with van der Waals surface area (Å²) in [6.07, 6.45) is 0.940. The number of anilines is 1. The lowest BCUT2D eigenvalue weighted by molar-refractivity contribution is -0.385. The van der Waals surface area contributed by atoms with Crippen LogP contribution in [0.1, 0.15) is 18.4 Å². The number of hydrazone groups is 1. The molecular weight excluding hydrogens is 547 g/mol. The molecule has 0 aliphatic carbocycles. The molecule has 0 atom stereocenters. The van der Waals surface area contributed by atoms with E-state index >= 15 is 0 Å². The number of benzene rings is 2. The molecule has 0 unspecified atom stereocenters. The lowest BCUT2D eigenvalue weighted by Gasteiger charge is -2.05. The average molecular weight is 561 g/mol. The SMILES string of the molecule is O=C(CCC(=O)Nc1ccc(I)cc1)N/N=C\c1cc(Br)cc([N+](=O)[O-])c1O. The summed E-state index contributed by atoms with van der Waals surface area (Å²) in [6.45, 7) is 0. The smallest absolute Gasteiger partial charge is 0.312 e. The van der Waals surface area contributed by atoms with Gasteiger partial charge in [-0.05, 0) is 52.9 Å². The zero-order valence-electron chi connectivity index (χ0n) is 14.2. The van der Waals surface area contributed by atoms with Crippen molar-refractivity contribution in [1.29, 1.82) is 0 Å². The lowest BCUT2D eigenvalue weighted by Crippen LogP contribution is -2.20. The number of nitro benzene ring substituents is 1. The molecule has 28 heavy (non-hydrogen) atoms. The Balaban J connectivity index is 1.86. The van der Waals surface area contributed by atoms with Crippen LogP contribution in [0.2, 0.25) is 0 Å². The number of hydrogen-bond donors (Lipinski definition) is 3. The minimum absolute atomic E-state index is 0.0407. The Morgan fingerprint density at radius 1 is 1.21 bits per heavy atom. The summed E-state index contributed by atoms with van der Waals surface area (Å²) in [5, 5.41) is 27.1. The predicted octanol–water partition coefficient (Wildman–Crippen LogP) is 3.54. The number of phenolic OH excluding ortho intramolecular Hbond substituents is 1. The fourth-order valence-electron chi connectivity index (χ4n) is 2.06. The van der Waals surface area contributed by atoms with Crippen LogP contribution in [-0.4, -0.2) is 28.1 Å². The summed E-state index contributed by atoms with van der Waals surface area (Å²) in [4.78, 5) is 33.8. The van der Waals surface area contributed by atoms with Crippen LogP contribution >= 0.6 is 38.5 Å². The zero-order chi connectivity index (χ0) is 20.7. The predicted molar refractivity (Wildman–Crippen MR) is 115 cm³/mol. The highest BCUT2D eigenvalue weighted by atomic mass is 127. The van der Waals surface area contributed by atoms with Crippen molar-refractivity contribution in [1.82, 2.24) is 5.43 Å². The van der Waals surface area contributed by atoms with Crippen molar-refractivity contribution in [3.05, 3.63) is 60.1 Å². The van der Waals surface area contributed by atoms with Gasteiger partial charge >= 0.3 is 5.69 Å². The van der Waals surface area contributed by atoms with Crippen molar-refractivity contribution in [2.24, 2.45) is 5.10 Å². The molecule has 146 valence electrons. The summed E-state index contributed by atoms with van der Waals surface area (Å²) >= 11 is 5.25. The van der Waals surface area contributed by atoms with Crippen LogP contribution in [0.15, 0.2) is 46.0 Å². The minimum Gasteiger partial charge on any atom is -0.502 e. The van der Waals surface area contributed by atoms with Crippen molar-refractivity contribution in [2.45, 2.75) is 12.8 Å². The van der Waals surface area contributed by atoms with Crippen LogP contribution in [0.3, 0.4) is 0 Å². The van der Waals surface area contributed by atoms with Gasteiger partial charge in [0.15, 0.2) is 0 Å². The number of carbonyl (C=O) groups is 2. The van der Waals surface area contributed by atoms with E-state index in [1.165, 1.54) is 6.07 Å². The molecule has 2 aromatic rings. The number of halogens is 2. The van der Waals surface area contributed by atoms with E-state index in [0.29, 0.717) is 10.2 Å². The molecule has 0 aliphatic heterocycles. The summed E-state index contributed by atoms with van der Waals surface area (Å²) < 4.78 is 1.41. The van der Waals surface area contributed by atoms with Gasteiger partial charge in [0.05, 0.1) is 11.1 Å². The monoisotopic (exact) mass is 560 g/mol. The number of phenols is 1. The molecule has 0 heterocycles. The number of nitrogens with zero attached hydrogens (tertiary/aromatic N) is 2. The van der Waals surface area contributed by atoms with Gasteiger partial charge < -0.3 is 10.4 Å². The largest absolute Gasteiger partial charge is 0.502 e. The fourth-order valence-corrected chi connectivity index (χ4v) is 2.88. The van der Waals surface area contributed by atoms with Gasteiger partial charge in [-0.1, -0.05) is 15.9 Å². The molecule has 2 amide bonds. The van der Waals surface area contributed by atoms with Crippen LogP contribution in [0, 0.1) is 13.7 Å². The van der Waals surface area contributed by atoms with Gasteiger partial charge in [-0.3, -0.25) is 19.7 Å². The van der Waals surface area contributed by atoms with Gasteiger partial charge in [0.2, 0.25) is 17.6 Å². The number of carbonyl (C=O) groups excluding carboxylic acids is 2. The van der Waals surface area contributed by atoms with Gasteiger partial charge in [0, 0.05) is 38.2 Å². The molecule has 0 fully saturated rings. The van der Waals surface area contributed by atoms with E-state index in [1.807, 2.05) is 12.1 Å². The molecule has 0 spiro atoms. The van der Waals surface area contributed by atoms with E-state index in [0.717, 1.165) is 15.9 Å². The number of nitrogens with one attached hydrogen (secondary N) is 2. The standard InChI is InChI=1S/C17H14BrIN4O5/c18-11-7-10(17(26)14(8-11)23(27)28)9-20-22-16(25)6-5-15(24)21-13-3-1-12(19)2-4-13/h1-4,7-9,26H,5-6H2,(H,21,24)(H,22,25)/b20-9-. The number of rotatable bonds is 7. The maximum atomic E-state index is 11.8. The summed E-state index contributed by atoms with van der Waals surface area (Å²) in [5.74, 6) is -1.40. The van der Waals surface area contributed by atoms with Gasteiger partial charge in [-0.2, -0.15) is 5.10 Å². The highest BCUT2D eigenvalue weighted by molar-refractivity contribution is 14.1. The third-order valence-electron chi connectivity index (χ3n) is 3.38. The first-order valence-electron chi connectivity index (χ1n) is 7.80. The van der Waals surface area contributed by atoms with Gasteiger partial charge in [-0.15, -0.1) is 0 Å². The van der Waals surface area contributed by atoms with Crippen LogP contribution < -0.4 is 10.7 Å². The third-order valence-corrected chi connectivity index (χ3v) is 4.56. The van der Waals surface area contributed by atoms with Crippen LogP contribution in [0.4, 0.5) is 11.4 Å². The quantitative estimate of drug-likeness (QED) is 0.206.